The van der Waals surface area contributed by atoms with Crippen molar-refractivity contribution in [3.8, 4) is 0 Å². The van der Waals surface area contributed by atoms with Gasteiger partial charge in [-0.3, -0.25) is 4.79 Å². The first-order valence-electron chi connectivity index (χ1n) is 16.2. The van der Waals surface area contributed by atoms with Crippen molar-refractivity contribution in [2.75, 3.05) is 27.9 Å². The standard InChI is InChI=1S/C34H48O11/c1-10-17(2)26(36)43-25-22-23-29(3,16-41-22)11-12-33(37)31(23,5)24(28(40-9)45-33)32(25,6)34-20(44-34)14-19(30(34,4)15-35)18-13-21(38-7)42-27(18)39-8/h11-13,15,17,19-25,27-28,37H,10,14,16H2,1-9H3. The second-order valence-corrected chi connectivity index (χ2v) is 15.2. The van der Waals surface area contributed by atoms with E-state index in [1.807, 2.05) is 46.8 Å². The zero-order valence-corrected chi connectivity index (χ0v) is 27.7. The van der Waals surface area contributed by atoms with E-state index >= 15 is 0 Å². The molecule has 5 fully saturated rings. The van der Waals surface area contributed by atoms with Gasteiger partial charge in [0.1, 0.15) is 18.0 Å². The van der Waals surface area contributed by atoms with Gasteiger partial charge in [0.05, 0.1) is 30.1 Å². The van der Waals surface area contributed by atoms with Crippen molar-refractivity contribution >= 4 is 12.3 Å². The lowest BCUT2D eigenvalue weighted by atomic mass is 9.39. The van der Waals surface area contributed by atoms with Gasteiger partial charge in [0.15, 0.2) is 24.7 Å². The fraction of sp³-hybridized carbons (Fsp3) is 0.824. The van der Waals surface area contributed by atoms with Crippen LogP contribution in [0, 0.1) is 45.3 Å². The Morgan fingerprint density at radius 1 is 1.07 bits per heavy atom. The predicted octanol–water partition coefficient (Wildman–Crippen LogP) is 3.13. The van der Waals surface area contributed by atoms with Gasteiger partial charge in [0.25, 0.3) is 0 Å². The van der Waals surface area contributed by atoms with Crippen molar-refractivity contribution < 1.29 is 52.6 Å². The Balaban J connectivity index is 1.44. The maximum atomic E-state index is 13.8. The maximum Gasteiger partial charge on any atom is 0.309 e. The van der Waals surface area contributed by atoms with Crippen LogP contribution in [0.25, 0.3) is 0 Å². The Morgan fingerprint density at radius 3 is 2.42 bits per heavy atom. The summed E-state index contributed by atoms with van der Waals surface area (Å²) in [6.45, 7) is 12.3. The summed E-state index contributed by atoms with van der Waals surface area (Å²) in [6, 6.07) is 0. The number of ether oxygens (including phenoxy) is 8. The third-order valence-electron chi connectivity index (χ3n) is 13.4. The Morgan fingerprint density at radius 2 is 1.80 bits per heavy atom. The van der Waals surface area contributed by atoms with Crippen LogP contribution in [0.2, 0.25) is 0 Å². The van der Waals surface area contributed by atoms with Crippen molar-refractivity contribution in [2.45, 2.75) is 103 Å². The number of epoxide rings is 1. The smallest absolute Gasteiger partial charge is 0.309 e. The molecule has 1 N–H and O–H groups in total. The predicted molar refractivity (Wildman–Crippen MR) is 157 cm³/mol. The molecule has 0 radical (unpaired) electrons. The first kappa shape index (κ1) is 31.9. The Hall–Kier alpha value is -1.70. The van der Waals surface area contributed by atoms with Crippen LogP contribution in [0.5, 0.6) is 0 Å². The summed E-state index contributed by atoms with van der Waals surface area (Å²) in [4.78, 5) is 27.4. The van der Waals surface area contributed by atoms with Crippen LogP contribution in [-0.2, 0) is 47.5 Å². The molecule has 7 rings (SSSR count). The molecular formula is C34H48O11. The van der Waals surface area contributed by atoms with E-state index in [4.69, 9.17) is 37.9 Å². The number of methoxy groups -OCH3 is 3. The van der Waals surface area contributed by atoms with Gasteiger partial charge in [-0.2, -0.15) is 0 Å². The highest BCUT2D eigenvalue weighted by molar-refractivity contribution is 5.73. The van der Waals surface area contributed by atoms with Crippen molar-refractivity contribution in [1.29, 1.82) is 0 Å². The molecule has 3 saturated heterocycles. The number of aldehydes is 1. The average Bonchev–Trinajstić information content (AvgIpc) is 3.24. The lowest BCUT2D eigenvalue weighted by Gasteiger charge is -2.64. The molecule has 0 aromatic carbocycles. The molecule has 3 aliphatic carbocycles. The number of rotatable bonds is 9. The quantitative estimate of drug-likeness (QED) is 0.174. The number of carbonyl (C=O) groups is 2. The van der Waals surface area contributed by atoms with E-state index in [-0.39, 0.29) is 29.8 Å². The molecule has 0 spiro atoms. The zero-order valence-electron chi connectivity index (χ0n) is 27.7. The second kappa shape index (κ2) is 9.92. The molecule has 16 unspecified atom stereocenters. The number of fused-ring (bicyclic) bond motifs is 1. The second-order valence-electron chi connectivity index (χ2n) is 15.2. The lowest BCUT2D eigenvalue weighted by Crippen LogP contribution is -2.74. The third kappa shape index (κ3) is 3.54. The van der Waals surface area contributed by atoms with Gasteiger partial charge in [0.2, 0.25) is 0 Å². The molecule has 4 aliphatic heterocycles. The molecule has 0 bridgehead atoms. The van der Waals surface area contributed by atoms with Crippen LogP contribution in [-0.4, -0.2) is 93.9 Å². The van der Waals surface area contributed by atoms with Crippen LogP contribution in [0.15, 0.2) is 23.8 Å². The largest absolute Gasteiger partial charge is 0.459 e. The van der Waals surface area contributed by atoms with Crippen LogP contribution in [0.3, 0.4) is 0 Å². The van der Waals surface area contributed by atoms with Gasteiger partial charge in [-0.15, -0.1) is 0 Å². The lowest BCUT2D eigenvalue weighted by molar-refractivity contribution is -0.274. The topological polar surface area (TPSA) is 132 Å². The Kier molecular flexibility index (Phi) is 7.02. The Labute approximate surface area is 264 Å². The molecule has 4 heterocycles. The van der Waals surface area contributed by atoms with Gasteiger partial charge < -0.3 is 47.8 Å². The summed E-state index contributed by atoms with van der Waals surface area (Å²) in [5.41, 5.74) is -3.98. The van der Waals surface area contributed by atoms with E-state index in [0.29, 0.717) is 19.4 Å². The molecule has 0 amide bonds. The van der Waals surface area contributed by atoms with Crippen molar-refractivity contribution in [3.05, 3.63) is 23.8 Å². The highest BCUT2D eigenvalue weighted by atomic mass is 16.8. The zero-order chi connectivity index (χ0) is 32.5. The molecule has 45 heavy (non-hydrogen) atoms. The van der Waals surface area contributed by atoms with Crippen molar-refractivity contribution in [1.82, 2.24) is 0 Å². The maximum absolute atomic E-state index is 13.8. The van der Waals surface area contributed by atoms with E-state index in [1.54, 1.807) is 27.4 Å². The molecule has 0 aromatic rings. The summed E-state index contributed by atoms with van der Waals surface area (Å²) < 4.78 is 49.8. The molecule has 11 heteroatoms. The first-order valence-corrected chi connectivity index (χ1v) is 16.2. The van der Waals surface area contributed by atoms with Crippen LogP contribution in [0.1, 0.15) is 54.4 Å². The molecule has 0 aromatic heterocycles. The van der Waals surface area contributed by atoms with Gasteiger partial charge in [0, 0.05) is 55.3 Å². The van der Waals surface area contributed by atoms with Crippen LogP contribution in [0.4, 0.5) is 0 Å². The normalized spacial score (nSPS) is 56.0. The van der Waals surface area contributed by atoms with E-state index in [9.17, 15) is 14.7 Å². The van der Waals surface area contributed by atoms with Gasteiger partial charge in [-0.1, -0.05) is 40.7 Å². The number of esters is 1. The van der Waals surface area contributed by atoms with Crippen LogP contribution < -0.4 is 0 Å². The Bertz CT molecular complexity index is 1330. The highest BCUT2D eigenvalue weighted by Gasteiger charge is 2.91. The minimum atomic E-state index is -1.69. The summed E-state index contributed by atoms with van der Waals surface area (Å²) in [7, 11) is 4.68. The summed E-state index contributed by atoms with van der Waals surface area (Å²) in [5.74, 6) is -3.55. The number of aliphatic hydroxyl groups is 1. The average molecular weight is 633 g/mol. The molecule has 7 aliphatic rings. The molecule has 16 atom stereocenters. The first-order chi connectivity index (χ1) is 21.2. The number of carbonyl (C=O) groups excluding carboxylic acids is 2. The monoisotopic (exact) mass is 632 g/mol. The highest BCUT2D eigenvalue weighted by Crippen LogP contribution is 2.81. The fourth-order valence-corrected chi connectivity index (χ4v) is 11.1. The summed E-state index contributed by atoms with van der Waals surface area (Å²) >= 11 is 0. The molecule has 2 saturated carbocycles. The number of hydrogen-bond acceptors (Lipinski definition) is 11. The molecule has 11 nitrogen and oxygen atoms in total. The van der Waals surface area contributed by atoms with E-state index in [2.05, 4.69) is 6.92 Å². The van der Waals surface area contributed by atoms with Crippen molar-refractivity contribution in [3.63, 3.8) is 0 Å². The molecule has 250 valence electrons. The fourth-order valence-electron chi connectivity index (χ4n) is 11.1. The minimum Gasteiger partial charge on any atom is -0.459 e. The molecular weight excluding hydrogens is 584 g/mol. The number of hydrogen-bond donors (Lipinski definition) is 1. The van der Waals surface area contributed by atoms with E-state index < -0.39 is 70.0 Å². The third-order valence-corrected chi connectivity index (χ3v) is 13.4. The van der Waals surface area contributed by atoms with Gasteiger partial charge in [-0.25, -0.2) is 0 Å². The van der Waals surface area contributed by atoms with Gasteiger partial charge in [-0.05, 0) is 37.5 Å². The van der Waals surface area contributed by atoms with E-state index in [1.165, 1.54) is 0 Å². The van der Waals surface area contributed by atoms with E-state index in [0.717, 1.165) is 11.9 Å². The summed E-state index contributed by atoms with van der Waals surface area (Å²) in [6.07, 6.45) is 3.70. The summed E-state index contributed by atoms with van der Waals surface area (Å²) in [5, 5.41) is 12.3. The van der Waals surface area contributed by atoms with Gasteiger partial charge >= 0.3 is 5.97 Å². The minimum absolute atomic E-state index is 0.285. The SMILES string of the molecule is CCC(C)C(=O)OC1C2OCC3(C)C=CC4(O)OC(OC)C(C4(C)C23)C1(C)C12OC1CC(C1=CC(OC)OC1OC)C2(C)C=O. The van der Waals surface area contributed by atoms with Crippen LogP contribution >= 0.6 is 0 Å². The van der Waals surface area contributed by atoms with Crippen molar-refractivity contribution in [2.24, 2.45) is 45.3 Å².